The van der Waals surface area contributed by atoms with Gasteiger partial charge in [0.1, 0.15) is 0 Å². The van der Waals surface area contributed by atoms with Crippen molar-refractivity contribution in [3.8, 4) is 5.75 Å². The molecule has 3 nitrogen and oxygen atoms in total. The van der Waals surface area contributed by atoms with Crippen molar-refractivity contribution >= 4 is 21.8 Å². The highest BCUT2D eigenvalue weighted by atomic mass is 79.9. The molecule has 104 valence electrons. The van der Waals surface area contributed by atoms with Gasteiger partial charge in [0, 0.05) is 17.9 Å². The van der Waals surface area contributed by atoms with Crippen LogP contribution in [0.3, 0.4) is 0 Å². The second-order valence-electron chi connectivity index (χ2n) is 4.35. The van der Waals surface area contributed by atoms with Crippen LogP contribution in [0, 0.1) is 17.5 Å². The van der Waals surface area contributed by atoms with Gasteiger partial charge in [-0.25, -0.2) is 8.78 Å². The third kappa shape index (κ3) is 2.70. The van der Waals surface area contributed by atoms with Gasteiger partial charge < -0.3 is 10.0 Å². The van der Waals surface area contributed by atoms with Crippen molar-refractivity contribution in [3.63, 3.8) is 0 Å². The summed E-state index contributed by atoms with van der Waals surface area (Å²) in [6.45, 7) is 0.794. The highest BCUT2D eigenvalue weighted by Gasteiger charge is 2.28. The molecule has 0 bridgehead atoms. The van der Waals surface area contributed by atoms with E-state index in [9.17, 15) is 18.0 Å². The van der Waals surface area contributed by atoms with E-state index in [4.69, 9.17) is 5.11 Å². The van der Waals surface area contributed by atoms with Gasteiger partial charge in [-0.3, -0.25) is 4.79 Å². The van der Waals surface area contributed by atoms with Gasteiger partial charge in [-0.05, 0) is 18.9 Å². The van der Waals surface area contributed by atoms with Gasteiger partial charge >= 0.3 is 0 Å². The molecule has 1 aliphatic rings. The summed E-state index contributed by atoms with van der Waals surface area (Å²) in [5.74, 6) is -6.76. The third-order valence-electron chi connectivity index (χ3n) is 3.08. The number of carbonyl (C=O) groups is 1. The lowest BCUT2D eigenvalue weighted by Gasteiger charge is -2.29. The van der Waals surface area contributed by atoms with Crippen LogP contribution in [0.15, 0.2) is 6.07 Å². The molecular weight excluding hydrogens is 327 g/mol. The number of rotatable bonds is 1. The van der Waals surface area contributed by atoms with Crippen LogP contribution in [0.4, 0.5) is 13.2 Å². The van der Waals surface area contributed by atoms with Crippen LogP contribution in [0.1, 0.15) is 23.2 Å². The summed E-state index contributed by atoms with van der Waals surface area (Å²) in [6.07, 6.45) is 1.39. The first-order valence-electron chi connectivity index (χ1n) is 5.71. The van der Waals surface area contributed by atoms with Gasteiger partial charge in [-0.1, -0.05) is 15.9 Å². The van der Waals surface area contributed by atoms with E-state index in [1.54, 1.807) is 0 Å². The predicted molar refractivity (Wildman–Crippen MR) is 65.8 cm³/mol. The number of carbonyl (C=O) groups excluding carboxylic acids is 1. The highest BCUT2D eigenvalue weighted by Crippen LogP contribution is 2.27. The number of phenolic OH excluding ortho intramolecular Hbond substituents is 1. The van der Waals surface area contributed by atoms with Crippen molar-refractivity contribution in [1.29, 1.82) is 0 Å². The lowest BCUT2D eigenvalue weighted by molar-refractivity contribution is 0.0721. The van der Waals surface area contributed by atoms with Crippen molar-refractivity contribution < 1.29 is 23.1 Å². The molecule has 0 unspecified atom stereocenters. The van der Waals surface area contributed by atoms with E-state index >= 15 is 0 Å². The number of hydrogen-bond acceptors (Lipinski definition) is 2. The molecule has 0 radical (unpaired) electrons. The maximum Gasteiger partial charge on any atom is 0.257 e. The molecule has 0 saturated carbocycles. The predicted octanol–water partition coefficient (Wildman–Crippen LogP) is 2.81. The Hall–Kier alpha value is -1.24. The number of hydrogen-bond donors (Lipinski definition) is 1. The van der Waals surface area contributed by atoms with Crippen LogP contribution in [0.25, 0.3) is 0 Å². The van der Waals surface area contributed by atoms with Crippen LogP contribution in [0.2, 0.25) is 0 Å². The standard InChI is InChI=1S/C12H11BrF3NO2/c13-6-1-3-17(4-2-6)12(19)7-5-8(14)10(16)11(18)9(7)15/h5-6,18H,1-4H2. The Morgan fingerprint density at radius 2 is 1.84 bits per heavy atom. The smallest absolute Gasteiger partial charge is 0.257 e. The molecule has 7 heteroatoms. The zero-order valence-electron chi connectivity index (χ0n) is 9.80. The minimum absolute atomic E-state index is 0.291. The quantitative estimate of drug-likeness (QED) is 0.632. The second kappa shape index (κ2) is 5.40. The highest BCUT2D eigenvalue weighted by molar-refractivity contribution is 9.09. The summed E-state index contributed by atoms with van der Waals surface area (Å²) in [7, 11) is 0. The monoisotopic (exact) mass is 337 g/mol. The molecule has 1 saturated heterocycles. The fourth-order valence-electron chi connectivity index (χ4n) is 1.97. The van der Waals surface area contributed by atoms with Crippen LogP contribution in [-0.4, -0.2) is 33.8 Å². The van der Waals surface area contributed by atoms with Gasteiger partial charge in [0.05, 0.1) is 5.56 Å². The van der Waals surface area contributed by atoms with E-state index in [0.29, 0.717) is 36.8 Å². The molecule has 1 amide bonds. The van der Waals surface area contributed by atoms with Crippen molar-refractivity contribution in [2.75, 3.05) is 13.1 Å². The molecule has 0 atom stereocenters. The largest absolute Gasteiger partial charge is 0.503 e. The Morgan fingerprint density at radius 3 is 2.42 bits per heavy atom. The minimum Gasteiger partial charge on any atom is -0.503 e. The zero-order valence-corrected chi connectivity index (χ0v) is 11.4. The molecule has 1 aromatic carbocycles. The van der Waals surface area contributed by atoms with Crippen molar-refractivity contribution in [2.45, 2.75) is 17.7 Å². The molecule has 0 aromatic heterocycles. The maximum atomic E-state index is 13.6. The molecule has 1 N–H and O–H groups in total. The van der Waals surface area contributed by atoms with Crippen LogP contribution in [-0.2, 0) is 0 Å². The Balaban J connectivity index is 2.29. The molecule has 1 aliphatic heterocycles. The van der Waals surface area contributed by atoms with E-state index < -0.39 is 34.7 Å². The Morgan fingerprint density at radius 1 is 1.26 bits per heavy atom. The number of benzene rings is 1. The minimum atomic E-state index is -1.69. The number of amides is 1. The van der Waals surface area contributed by atoms with E-state index in [2.05, 4.69) is 15.9 Å². The van der Waals surface area contributed by atoms with Gasteiger partial charge in [-0.2, -0.15) is 4.39 Å². The average Bonchev–Trinajstić information content (AvgIpc) is 2.40. The molecule has 0 aliphatic carbocycles. The van der Waals surface area contributed by atoms with Crippen molar-refractivity contribution in [2.24, 2.45) is 0 Å². The van der Waals surface area contributed by atoms with E-state index in [1.807, 2.05) is 0 Å². The molecule has 1 heterocycles. The number of likely N-dealkylation sites (tertiary alicyclic amines) is 1. The number of piperidine rings is 1. The van der Waals surface area contributed by atoms with Crippen LogP contribution in [0.5, 0.6) is 5.75 Å². The summed E-state index contributed by atoms with van der Waals surface area (Å²) in [4.78, 5) is 13.7. The molecular formula is C12H11BrF3NO2. The summed E-state index contributed by atoms with van der Waals surface area (Å²) >= 11 is 3.41. The Kier molecular flexibility index (Phi) is 4.03. The SMILES string of the molecule is O=C(c1cc(F)c(F)c(O)c1F)N1CCC(Br)CC1. The molecule has 2 rings (SSSR count). The molecule has 0 spiro atoms. The second-order valence-corrected chi connectivity index (χ2v) is 5.64. The summed E-state index contributed by atoms with van der Waals surface area (Å²) < 4.78 is 39.7. The molecule has 1 aromatic rings. The first kappa shape index (κ1) is 14.2. The fourth-order valence-corrected chi connectivity index (χ4v) is 2.38. The molecule has 19 heavy (non-hydrogen) atoms. The first-order valence-corrected chi connectivity index (χ1v) is 6.63. The lowest BCUT2D eigenvalue weighted by Crippen LogP contribution is -2.39. The lowest BCUT2D eigenvalue weighted by atomic mass is 10.1. The number of halogens is 4. The van der Waals surface area contributed by atoms with Crippen LogP contribution < -0.4 is 0 Å². The van der Waals surface area contributed by atoms with E-state index in [0.717, 1.165) is 0 Å². The number of phenols is 1. The number of alkyl halides is 1. The summed E-state index contributed by atoms with van der Waals surface area (Å²) in [6, 6.07) is 0.479. The van der Waals surface area contributed by atoms with E-state index in [-0.39, 0.29) is 0 Å². The van der Waals surface area contributed by atoms with Gasteiger partial charge in [0.25, 0.3) is 5.91 Å². The van der Waals surface area contributed by atoms with Gasteiger partial charge in [0.15, 0.2) is 17.4 Å². The Bertz CT molecular complexity index is 516. The van der Waals surface area contributed by atoms with Gasteiger partial charge in [-0.15, -0.1) is 0 Å². The summed E-state index contributed by atoms with van der Waals surface area (Å²) in [5.41, 5.74) is -0.649. The number of nitrogens with zero attached hydrogens (tertiary/aromatic N) is 1. The maximum absolute atomic E-state index is 13.6. The normalized spacial score (nSPS) is 16.7. The Labute approximate surface area is 116 Å². The number of aromatic hydroxyl groups is 1. The zero-order chi connectivity index (χ0) is 14.2. The van der Waals surface area contributed by atoms with Gasteiger partial charge in [0.2, 0.25) is 5.82 Å². The fraction of sp³-hybridized carbons (Fsp3) is 0.417. The summed E-state index contributed by atoms with van der Waals surface area (Å²) in [5, 5.41) is 9.09. The third-order valence-corrected chi connectivity index (χ3v) is 3.99. The van der Waals surface area contributed by atoms with Crippen LogP contribution >= 0.6 is 15.9 Å². The topological polar surface area (TPSA) is 40.5 Å². The molecule has 1 fully saturated rings. The first-order chi connectivity index (χ1) is 8.91. The average molecular weight is 338 g/mol. The van der Waals surface area contributed by atoms with Crippen molar-refractivity contribution in [3.05, 3.63) is 29.1 Å². The van der Waals surface area contributed by atoms with E-state index in [1.165, 1.54) is 4.90 Å². The van der Waals surface area contributed by atoms with Crippen molar-refractivity contribution in [1.82, 2.24) is 4.90 Å².